The van der Waals surface area contributed by atoms with E-state index in [2.05, 4.69) is 5.32 Å². The molecular weight excluding hydrogens is 226 g/mol. The fraction of sp³-hybridized carbons (Fsp3) is 0.273. The molecule has 0 aliphatic heterocycles. The van der Waals surface area contributed by atoms with Gasteiger partial charge >= 0.3 is 5.97 Å². The number of aromatic hydroxyl groups is 1. The standard InChI is InChI=1S/C11H13NO5/c1-6(17-2)10(14)12-7-3-4-8(11(15)16)9(13)5-7/h3-6,13H,1-2H3,(H,12,14)(H,15,16). The Hall–Kier alpha value is -2.08. The van der Waals surface area contributed by atoms with Gasteiger partial charge in [0.05, 0.1) is 0 Å². The van der Waals surface area contributed by atoms with Crippen molar-refractivity contribution in [1.29, 1.82) is 0 Å². The van der Waals surface area contributed by atoms with Crippen LogP contribution in [0.15, 0.2) is 18.2 Å². The molecule has 1 atom stereocenters. The van der Waals surface area contributed by atoms with Gasteiger partial charge in [0.15, 0.2) is 0 Å². The zero-order valence-corrected chi connectivity index (χ0v) is 9.43. The average Bonchev–Trinajstić information content (AvgIpc) is 2.27. The first-order valence-corrected chi connectivity index (χ1v) is 4.85. The number of hydrogen-bond acceptors (Lipinski definition) is 4. The van der Waals surface area contributed by atoms with Crippen LogP contribution in [0.3, 0.4) is 0 Å². The van der Waals surface area contributed by atoms with E-state index < -0.39 is 17.8 Å². The lowest BCUT2D eigenvalue weighted by Gasteiger charge is -2.11. The number of ether oxygens (including phenoxy) is 1. The number of rotatable bonds is 4. The van der Waals surface area contributed by atoms with Gasteiger partial charge in [0.1, 0.15) is 17.4 Å². The number of benzene rings is 1. The Morgan fingerprint density at radius 2 is 2.06 bits per heavy atom. The molecule has 1 aromatic rings. The van der Waals surface area contributed by atoms with E-state index in [1.54, 1.807) is 6.92 Å². The summed E-state index contributed by atoms with van der Waals surface area (Å²) in [6.07, 6.45) is -0.628. The number of aromatic carboxylic acids is 1. The van der Waals surface area contributed by atoms with Crippen LogP contribution in [0.2, 0.25) is 0 Å². The average molecular weight is 239 g/mol. The van der Waals surface area contributed by atoms with Crippen molar-refractivity contribution in [1.82, 2.24) is 0 Å². The van der Waals surface area contributed by atoms with Gasteiger partial charge in [-0.15, -0.1) is 0 Å². The van der Waals surface area contributed by atoms with E-state index in [1.165, 1.54) is 25.3 Å². The smallest absolute Gasteiger partial charge is 0.339 e. The van der Waals surface area contributed by atoms with Crippen molar-refractivity contribution >= 4 is 17.6 Å². The number of carboxylic acids is 1. The van der Waals surface area contributed by atoms with Crippen LogP contribution >= 0.6 is 0 Å². The highest BCUT2D eigenvalue weighted by molar-refractivity contribution is 5.96. The third-order valence-corrected chi connectivity index (χ3v) is 2.22. The molecule has 0 heterocycles. The minimum atomic E-state index is -1.23. The Morgan fingerprint density at radius 1 is 1.41 bits per heavy atom. The highest BCUT2D eigenvalue weighted by atomic mass is 16.5. The Balaban J connectivity index is 2.84. The lowest BCUT2D eigenvalue weighted by molar-refractivity contribution is -0.124. The molecule has 0 bridgehead atoms. The van der Waals surface area contributed by atoms with Crippen molar-refractivity contribution in [2.45, 2.75) is 13.0 Å². The lowest BCUT2D eigenvalue weighted by Crippen LogP contribution is -2.26. The number of hydrogen-bond donors (Lipinski definition) is 3. The number of amides is 1. The predicted molar refractivity (Wildman–Crippen MR) is 60.2 cm³/mol. The van der Waals surface area contributed by atoms with Crippen molar-refractivity contribution in [2.75, 3.05) is 12.4 Å². The molecule has 0 spiro atoms. The highest BCUT2D eigenvalue weighted by Crippen LogP contribution is 2.22. The molecule has 1 aromatic carbocycles. The molecule has 1 rings (SSSR count). The molecule has 6 nitrogen and oxygen atoms in total. The van der Waals surface area contributed by atoms with E-state index in [4.69, 9.17) is 9.84 Å². The number of methoxy groups -OCH3 is 1. The molecule has 0 aliphatic carbocycles. The maximum absolute atomic E-state index is 11.4. The SMILES string of the molecule is COC(C)C(=O)Nc1ccc(C(=O)O)c(O)c1. The van der Waals surface area contributed by atoms with E-state index in [-0.39, 0.29) is 11.5 Å². The van der Waals surface area contributed by atoms with Gasteiger partial charge in [-0.25, -0.2) is 4.79 Å². The van der Waals surface area contributed by atoms with Crippen molar-refractivity contribution in [3.63, 3.8) is 0 Å². The summed E-state index contributed by atoms with van der Waals surface area (Å²) in [5, 5.41) is 20.6. The van der Waals surface area contributed by atoms with Gasteiger partial charge in [-0.05, 0) is 19.1 Å². The Labute approximate surface area is 97.8 Å². The van der Waals surface area contributed by atoms with E-state index in [0.29, 0.717) is 5.69 Å². The van der Waals surface area contributed by atoms with Crippen LogP contribution in [0.1, 0.15) is 17.3 Å². The third kappa shape index (κ3) is 3.18. The van der Waals surface area contributed by atoms with Crippen LogP contribution in [0.25, 0.3) is 0 Å². The normalized spacial score (nSPS) is 11.9. The highest BCUT2D eigenvalue weighted by Gasteiger charge is 2.14. The largest absolute Gasteiger partial charge is 0.507 e. The fourth-order valence-electron chi connectivity index (χ4n) is 1.14. The van der Waals surface area contributed by atoms with Crippen molar-refractivity contribution in [2.24, 2.45) is 0 Å². The molecule has 0 radical (unpaired) electrons. The van der Waals surface area contributed by atoms with Crippen molar-refractivity contribution in [3.8, 4) is 5.75 Å². The summed E-state index contributed by atoms with van der Waals surface area (Å²) in [7, 11) is 1.40. The maximum Gasteiger partial charge on any atom is 0.339 e. The van der Waals surface area contributed by atoms with Gasteiger partial charge in [-0.2, -0.15) is 0 Å². The third-order valence-electron chi connectivity index (χ3n) is 2.22. The van der Waals surface area contributed by atoms with Gasteiger partial charge in [0.25, 0.3) is 5.91 Å². The summed E-state index contributed by atoms with van der Waals surface area (Å²) in [5.41, 5.74) is 0.0872. The number of carbonyl (C=O) groups excluding carboxylic acids is 1. The first-order valence-electron chi connectivity index (χ1n) is 4.85. The summed E-state index contributed by atoms with van der Waals surface area (Å²) >= 11 is 0. The van der Waals surface area contributed by atoms with Crippen LogP contribution in [-0.4, -0.2) is 35.3 Å². The second-order valence-corrected chi connectivity index (χ2v) is 3.40. The number of phenols is 1. The van der Waals surface area contributed by atoms with E-state index in [0.717, 1.165) is 0 Å². The Bertz CT molecular complexity index is 443. The predicted octanol–water partition coefficient (Wildman–Crippen LogP) is 1.06. The van der Waals surface area contributed by atoms with Gasteiger partial charge in [0, 0.05) is 18.9 Å². The van der Waals surface area contributed by atoms with Crippen LogP contribution in [0.4, 0.5) is 5.69 Å². The Kier molecular flexibility index (Phi) is 4.06. The van der Waals surface area contributed by atoms with E-state index >= 15 is 0 Å². The molecule has 17 heavy (non-hydrogen) atoms. The zero-order valence-electron chi connectivity index (χ0n) is 9.43. The zero-order chi connectivity index (χ0) is 13.0. The number of carboxylic acid groups (broad SMARTS) is 1. The summed E-state index contributed by atoms with van der Waals surface area (Å²) < 4.78 is 4.81. The second-order valence-electron chi connectivity index (χ2n) is 3.40. The quantitative estimate of drug-likeness (QED) is 0.730. The molecule has 0 saturated heterocycles. The summed E-state index contributed by atoms with van der Waals surface area (Å²) in [6.45, 7) is 1.57. The molecule has 3 N–H and O–H groups in total. The molecule has 0 aromatic heterocycles. The lowest BCUT2D eigenvalue weighted by atomic mass is 10.2. The van der Waals surface area contributed by atoms with Crippen LogP contribution in [-0.2, 0) is 9.53 Å². The molecule has 1 unspecified atom stereocenters. The molecule has 0 saturated carbocycles. The topological polar surface area (TPSA) is 95.9 Å². The van der Waals surface area contributed by atoms with Crippen LogP contribution < -0.4 is 5.32 Å². The van der Waals surface area contributed by atoms with Gasteiger partial charge in [-0.3, -0.25) is 4.79 Å². The molecule has 0 fully saturated rings. The first kappa shape index (κ1) is 13.0. The molecule has 6 heteroatoms. The van der Waals surface area contributed by atoms with Gasteiger partial charge in [0.2, 0.25) is 0 Å². The summed E-state index contributed by atoms with van der Waals surface area (Å²) in [4.78, 5) is 22.1. The van der Waals surface area contributed by atoms with E-state index in [1.807, 2.05) is 0 Å². The van der Waals surface area contributed by atoms with Crippen molar-refractivity contribution < 1.29 is 24.5 Å². The summed E-state index contributed by atoms with van der Waals surface area (Å²) in [5.74, 6) is -2.01. The van der Waals surface area contributed by atoms with Crippen LogP contribution in [0, 0.1) is 0 Å². The Morgan fingerprint density at radius 3 is 2.53 bits per heavy atom. The number of anilines is 1. The van der Waals surface area contributed by atoms with Crippen molar-refractivity contribution in [3.05, 3.63) is 23.8 Å². The van der Waals surface area contributed by atoms with Gasteiger partial charge in [-0.1, -0.05) is 0 Å². The number of nitrogens with one attached hydrogen (secondary N) is 1. The molecule has 92 valence electrons. The van der Waals surface area contributed by atoms with Gasteiger partial charge < -0.3 is 20.3 Å². The fourth-order valence-corrected chi connectivity index (χ4v) is 1.14. The van der Waals surface area contributed by atoms with E-state index in [9.17, 15) is 14.7 Å². The molecule has 1 amide bonds. The minimum Gasteiger partial charge on any atom is -0.507 e. The maximum atomic E-state index is 11.4. The number of carbonyl (C=O) groups is 2. The van der Waals surface area contributed by atoms with Crippen LogP contribution in [0.5, 0.6) is 5.75 Å². The molecular formula is C11H13NO5. The summed E-state index contributed by atoms with van der Waals surface area (Å²) in [6, 6.07) is 3.78. The second kappa shape index (κ2) is 5.31. The first-order chi connectivity index (χ1) is 7.95. The molecule has 0 aliphatic rings. The minimum absolute atomic E-state index is 0.220. The monoisotopic (exact) mass is 239 g/mol.